The molecule has 1 aromatic rings. The molecule has 0 aromatic carbocycles. The van der Waals surface area contributed by atoms with Crippen LogP contribution in [-0.2, 0) is 6.42 Å². The first-order chi connectivity index (χ1) is 7.63. The third-order valence-corrected chi connectivity index (χ3v) is 2.44. The zero-order chi connectivity index (χ0) is 12.0. The molecule has 0 spiro atoms. The first-order valence-corrected chi connectivity index (χ1v) is 5.91. The molecule has 1 heterocycles. The van der Waals surface area contributed by atoms with Crippen LogP contribution < -0.4 is 10.6 Å². The maximum atomic E-state index is 5.72. The molecule has 0 amide bonds. The average molecular weight is 222 g/mol. The fraction of sp³-hybridized carbons (Fsp3) is 0.667. The van der Waals surface area contributed by atoms with Crippen molar-refractivity contribution in [3.63, 3.8) is 0 Å². The molecule has 4 heteroatoms. The highest BCUT2D eigenvalue weighted by molar-refractivity contribution is 5.28. The van der Waals surface area contributed by atoms with E-state index in [1.54, 1.807) is 0 Å². The highest BCUT2D eigenvalue weighted by atomic mass is 15.2. The maximum Gasteiger partial charge on any atom is 0.224 e. The number of anilines is 1. The molecular formula is C12H22N4. The van der Waals surface area contributed by atoms with Gasteiger partial charge in [0.1, 0.15) is 0 Å². The van der Waals surface area contributed by atoms with E-state index < -0.39 is 0 Å². The van der Waals surface area contributed by atoms with Crippen LogP contribution in [0.1, 0.15) is 32.3 Å². The van der Waals surface area contributed by atoms with Gasteiger partial charge in [-0.2, -0.15) is 0 Å². The van der Waals surface area contributed by atoms with Crippen molar-refractivity contribution in [3.05, 3.63) is 18.0 Å². The Morgan fingerprint density at radius 2 is 2.00 bits per heavy atom. The summed E-state index contributed by atoms with van der Waals surface area (Å²) in [7, 11) is 2.02. The van der Waals surface area contributed by atoms with E-state index in [1.807, 2.05) is 26.4 Å². The summed E-state index contributed by atoms with van der Waals surface area (Å²) in [5.41, 5.74) is 6.82. The third kappa shape index (κ3) is 4.14. The molecular weight excluding hydrogens is 200 g/mol. The van der Waals surface area contributed by atoms with E-state index >= 15 is 0 Å². The van der Waals surface area contributed by atoms with Crippen molar-refractivity contribution in [1.82, 2.24) is 9.97 Å². The number of hydrogen-bond acceptors (Lipinski definition) is 4. The zero-order valence-electron chi connectivity index (χ0n) is 10.5. The zero-order valence-corrected chi connectivity index (χ0v) is 10.5. The van der Waals surface area contributed by atoms with Crippen LogP contribution in [0.15, 0.2) is 12.4 Å². The first kappa shape index (κ1) is 12.9. The van der Waals surface area contributed by atoms with E-state index in [2.05, 4.69) is 21.8 Å². The Balaban J connectivity index is 2.56. The van der Waals surface area contributed by atoms with Crippen LogP contribution in [0.4, 0.5) is 5.95 Å². The van der Waals surface area contributed by atoms with Crippen LogP contribution in [0.25, 0.3) is 0 Å². The molecule has 2 N–H and O–H groups in total. The van der Waals surface area contributed by atoms with Gasteiger partial charge in [0.2, 0.25) is 5.95 Å². The van der Waals surface area contributed by atoms with Gasteiger partial charge in [-0.3, -0.25) is 0 Å². The van der Waals surface area contributed by atoms with Gasteiger partial charge in [0.15, 0.2) is 0 Å². The summed E-state index contributed by atoms with van der Waals surface area (Å²) in [4.78, 5) is 10.8. The van der Waals surface area contributed by atoms with Crippen molar-refractivity contribution in [2.75, 3.05) is 18.5 Å². The summed E-state index contributed by atoms with van der Waals surface area (Å²) in [5.74, 6) is 0.793. The quantitative estimate of drug-likeness (QED) is 0.794. The van der Waals surface area contributed by atoms with E-state index in [4.69, 9.17) is 5.73 Å². The van der Waals surface area contributed by atoms with Crippen LogP contribution in [0.5, 0.6) is 0 Å². The first-order valence-electron chi connectivity index (χ1n) is 5.91. The molecule has 16 heavy (non-hydrogen) atoms. The van der Waals surface area contributed by atoms with Crippen molar-refractivity contribution in [3.8, 4) is 0 Å². The van der Waals surface area contributed by atoms with Gasteiger partial charge in [-0.05, 0) is 25.3 Å². The Hall–Kier alpha value is -1.16. The Bertz CT molecular complexity index is 294. The fourth-order valence-electron chi connectivity index (χ4n) is 1.52. The second kappa shape index (κ2) is 6.43. The van der Waals surface area contributed by atoms with Crippen LogP contribution in [0.2, 0.25) is 0 Å². The van der Waals surface area contributed by atoms with E-state index in [9.17, 15) is 0 Å². The normalized spacial score (nSPS) is 12.5. The van der Waals surface area contributed by atoms with Gasteiger partial charge in [-0.25, -0.2) is 9.97 Å². The van der Waals surface area contributed by atoms with Crippen molar-refractivity contribution in [1.29, 1.82) is 0 Å². The van der Waals surface area contributed by atoms with Gasteiger partial charge in [-0.15, -0.1) is 0 Å². The highest BCUT2D eigenvalue weighted by Crippen LogP contribution is 2.07. The molecule has 0 saturated carbocycles. The summed E-state index contributed by atoms with van der Waals surface area (Å²) in [6.45, 7) is 5.17. The summed E-state index contributed by atoms with van der Waals surface area (Å²) in [6.07, 6.45) is 6.93. The van der Waals surface area contributed by atoms with Gasteiger partial charge >= 0.3 is 0 Å². The number of nitrogens with zero attached hydrogens (tertiary/aromatic N) is 3. The topological polar surface area (TPSA) is 55.0 Å². The van der Waals surface area contributed by atoms with Crippen molar-refractivity contribution in [2.24, 2.45) is 5.73 Å². The monoisotopic (exact) mass is 222 g/mol. The molecule has 0 bridgehead atoms. The van der Waals surface area contributed by atoms with Gasteiger partial charge in [-0.1, -0.05) is 13.3 Å². The molecule has 1 aromatic heterocycles. The predicted molar refractivity (Wildman–Crippen MR) is 67.6 cm³/mol. The summed E-state index contributed by atoms with van der Waals surface area (Å²) < 4.78 is 0. The summed E-state index contributed by atoms with van der Waals surface area (Å²) in [5, 5.41) is 0. The van der Waals surface area contributed by atoms with E-state index in [1.165, 1.54) is 12.8 Å². The van der Waals surface area contributed by atoms with Gasteiger partial charge in [0.05, 0.1) is 0 Å². The van der Waals surface area contributed by atoms with Crippen LogP contribution in [0, 0.1) is 0 Å². The van der Waals surface area contributed by atoms with Gasteiger partial charge in [0, 0.05) is 32.0 Å². The van der Waals surface area contributed by atoms with Crippen molar-refractivity contribution in [2.45, 2.75) is 39.2 Å². The van der Waals surface area contributed by atoms with Crippen molar-refractivity contribution < 1.29 is 0 Å². The minimum atomic E-state index is 0.160. The summed E-state index contributed by atoms with van der Waals surface area (Å²) in [6, 6.07) is 0.160. The van der Waals surface area contributed by atoms with E-state index in [-0.39, 0.29) is 6.04 Å². The van der Waals surface area contributed by atoms with Crippen molar-refractivity contribution >= 4 is 5.95 Å². The fourth-order valence-corrected chi connectivity index (χ4v) is 1.52. The molecule has 0 aliphatic rings. The van der Waals surface area contributed by atoms with Crippen LogP contribution >= 0.6 is 0 Å². The van der Waals surface area contributed by atoms with Crippen LogP contribution in [-0.4, -0.2) is 29.6 Å². The van der Waals surface area contributed by atoms with E-state index in [0.29, 0.717) is 0 Å². The second-order valence-electron chi connectivity index (χ2n) is 4.35. The lowest BCUT2D eigenvalue weighted by atomic mass is 10.1. The average Bonchev–Trinajstić information content (AvgIpc) is 2.26. The highest BCUT2D eigenvalue weighted by Gasteiger charge is 2.04. The molecule has 0 saturated heterocycles. The minimum Gasteiger partial charge on any atom is -0.344 e. The molecule has 1 unspecified atom stereocenters. The Labute approximate surface area is 97.9 Å². The standard InChI is InChI=1S/C12H22N4/c1-4-5-6-16(3)12-14-8-11(9-15-12)7-10(2)13/h8-10H,4-7,13H2,1-3H3. The Morgan fingerprint density at radius 3 is 2.50 bits per heavy atom. The molecule has 1 rings (SSSR count). The molecule has 1 atom stereocenters. The Morgan fingerprint density at radius 1 is 1.38 bits per heavy atom. The SMILES string of the molecule is CCCCN(C)c1ncc(CC(C)N)cn1. The van der Waals surface area contributed by atoms with Gasteiger partial charge in [0.25, 0.3) is 0 Å². The third-order valence-electron chi connectivity index (χ3n) is 2.44. The molecule has 0 aliphatic carbocycles. The maximum absolute atomic E-state index is 5.72. The number of rotatable bonds is 6. The van der Waals surface area contributed by atoms with Crippen LogP contribution in [0.3, 0.4) is 0 Å². The molecule has 0 aliphatic heterocycles. The number of nitrogens with two attached hydrogens (primary N) is 1. The molecule has 0 radical (unpaired) electrons. The number of unbranched alkanes of at least 4 members (excludes halogenated alkanes) is 1. The minimum absolute atomic E-state index is 0.160. The lowest BCUT2D eigenvalue weighted by molar-refractivity contribution is 0.724. The lowest BCUT2D eigenvalue weighted by Gasteiger charge is -2.16. The predicted octanol–water partition coefficient (Wildman–Crippen LogP) is 1.60. The molecule has 90 valence electrons. The number of hydrogen-bond donors (Lipinski definition) is 1. The molecule has 0 fully saturated rings. The number of aromatic nitrogens is 2. The Kier molecular flexibility index (Phi) is 5.19. The largest absolute Gasteiger partial charge is 0.344 e. The lowest BCUT2D eigenvalue weighted by Crippen LogP contribution is -2.21. The molecule has 4 nitrogen and oxygen atoms in total. The van der Waals surface area contributed by atoms with E-state index in [0.717, 1.165) is 24.5 Å². The smallest absolute Gasteiger partial charge is 0.224 e. The van der Waals surface area contributed by atoms with Gasteiger partial charge < -0.3 is 10.6 Å². The second-order valence-corrected chi connectivity index (χ2v) is 4.35. The summed E-state index contributed by atoms with van der Waals surface area (Å²) >= 11 is 0.